The second kappa shape index (κ2) is 51.7. The highest BCUT2D eigenvalue weighted by molar-refractivity contribution is 5.66. The Hall–Kier alpha value is -1.13. The average molecular weight is 665 g/mol. The van der Waals surface area contributed by atoms with Crippen molar-refractivity contribution in [1.29, 1.82) is 0 Å². The predicted molar refractivity (Wildman–Crippen MR) is 213 cm³/mol. The minimum atomic E-state index is -0.664. The molecule has 0 aliphatic heterocycles. The minimum absolute atomic E-state index is 0.332. The number of carbonyl (C=O) groups is 1. The maximum Gasteiger partial charge on any atom is 0.303 e. The number of hydrogen-bond acceptors (Lipinski definition) is 3. The molecule has 0 amide bonds. The Kier molecular flexibility index (Phi) is 55.3. The van der Waals surface area contributed by atoms with Gasteiger partial charge in [-0.2, -0.15) is 0 Å². The lowest BCUT2D eigenvalue weighted by Crippen LogP contribution is -1.97. The molecule has 4 nitrogen and oxygen atoms in total. The molecule has 0 spiro atoms. The molecule has 0 aromatic heterocycles. The number of aliphatic carboxylic acids is 1. The van der Waals surface area contributed by atoms with Gasteiger partial charge in [-0.15, -0.1) is 0 Å². The zero-order valence-electron chi connectivity index (χ0n) is 32.6. The van der Waals surface area contributed by atoms with Crippen LogP contribution in [0, 0.1) is 0 Å². The highest BCUT2D eigenvalue weighted by Gasteiger charge is 1.96. The molecule has 0 saturated carbocycles. The average Bonchev–Trinajstić information content (AvgIpc) is 3.07. The van der Waals surface area contributed by atoms with Crippen molar-refractivity contribution in [2.24, 2.45) is 11.5 Å². The van der Waals surface area contributed by atoms with E-state index >= 15 is 0 Å². The molecule has 4 heteroatoms. The van der Waals surface area contributed by atoms with Crippen molar-refractivity contribution in [2.45, 2.75) is 233 Å². The van der Waals surface area contributed by atoms with Crippen molar-refractivity contribution in [3.8, 4) is 0 Å². The first-order valence-electron chi connectivity index (χ1n) is 21.0. The normalized spacial score (nSPS) is 11.1. The van der Waals surface area contributed by atoms with Gasteiger partial charge in [0.25, 0.3) is 0 Å². The van der Waals surface area contributed by atoms with Crippen LogP contribution in [0.3, 0.4) is 0 Å². The molecule has 0 aliphatic carbocycles. The monoisotopic (exact) mass is 665 g/mol. The fraction of sp³-hybridized carbons (Fsp3) is 0.884. The third kappa shape index (κ3) is 60.7. The molecule has 0 unspecified atom stereocenters. The summed E-state index contributed by atoms with van der Waals surface area (Å²) in [4.78, 5) is 10.3. The maximum absolute atomic E-state index is 10.3. The number of rotatable bonds is 35. The second-order valence-electron chi connectivity index (χ2n) is 13.7. The first-order valence-corrected chi connectivity index (χ1v) is 21.0. The van der Waals surface area contributed by atoms with Crippen molar-refractivity contribution in [2.75, 3.05) is 13.1 Å². The Morgan fingerprint density at radius 2 is 0.617 bits per heavy atom. The van der Waals surface area contributed by atoms with E-state index in [0.29, 0.717) is 6.42 Å². The van der Waals surface area contributed by atoms with Gasteiger partial charge in [-0.1, -0.05) is 180 Å². The lowest BCUT2D eigenvalue weighted by Gasteiger charge is -1.99. The molecule has 0 bridgehead atoms. The minimum Gasteiger partial charge on any atom is -0.481 e. The molecule has 0 fully saturated rings. The Labute approximate surface area is 296 Å². The van der Waals surface area contributed by atoms with E-state index in [0.717, 1.165) is 25.9 Å². The fourth-order valence-electron chi connectivity index (χ4n) is 5.49. The zero-order valence-corrected chi connectivity index (χ0v) is 32.6. The first-order chi connectivity index (χ1) is 23.1. The van der Waals surface area contributed by atoms with Crippen LogP contribution in [0.25, 0.3) is 0 Å². The van der Waals surface area contributed by atoms with Gasteiger partial charge in [0.1, 0.15) is 0 Å². The van der Waals surface area contributed by atoms with Gasteiger partial charge in [-0.25, -0.2) is 0 Å². The molecule has 5 N–H and O–H groups in total. The van der Waals surface area contributed by atoms with Crippen molar-refractivity contribution < 1.29 is 9.90 Å². The molecule has 0 aliphatic rings. The van der Waals surface area contributed by atoms with Gasteiger partial charge in [0.2, 0.25) is 0 Å². The molecular weight excluding hydrogens is 576 g/mol. The largest absolute Gasteiger partial charge is 0.481 e. The summed E-state index contributed by atoms with van der Waals surface area (Å²) < 4.78 is 0. The SMILES string of the molecule is CCCCCCCC/C=C/CCCCCCCC(=O)O.CCCCCCCC/C=C/CCCCCCCN.CCCCCCCCN. The van der Waals surface area contributed by atoms with Crippen LogP contribution >= 0.6 is 0 Å². The summed E-state index contributed by atoms with van der Waals surface area (Å²) in [6.45, 7) is 8.50. The van der Waals surface area contributed by atoms with E-state index in [1.54, 1.807) is 0 Å². The Bertz CT molecular complexity index is 566. The summed E-state index contributed by atoms with van der Waals surface area (Å²) in [6.07, 6.45) is 51.7. The predicted octanol–water partition coefficient (Wildman–Crippen LogP) is 14.0. The third-order valence-electron chi connectivity index (χ3n) is 8.68. The van der Waals surface area contributed by atoms with E-state index in [1.165, 1.54) is 193 Å². The number of allylic oxidation sites excluding steroid dienone is 4. The van der Waals surface area contributed by atoms with Crippen molar-refractivity contribution in [1.82, 2.24) is 0 Å². The van der Waals surface area contributed by atoms with Crippen LogP contribution in [0.5, 0.6) is 0 Å². The van der Waals surface area contributed by atoms with Gasteiger partial charge in [-0.05, 0) is 83.7 Å². The number of unbranched alkanes of at least 4 members (excludes halogenated alkanes) is 27. The standard InChI is InChI=1S/C18H34O2.C17H35N.C8H19N/c1-2-3-4-5-6-7-8-9-10-11-12-13-14-15-16-17-18(19)20;1-2-3-4-5-6-7-8-9-10-11-12-13-14-15-16-17-18;1-2-3-4-5-6-7-8-9/h9-10H,2-8,11-17H2,1H3,(H,19,20);9-10H,2-8,11-18H2,1H3;2-9H2,1H3/b2*10-9+;. The van der Waals surface area contributed by atoms with Crippen molar-refractivity contribution in [3.05, 3.63) is 24.3 Å². The molecule has 0 atom stereocenters. The smallest absolute Gasteiger partial charge is 0.303 e. The number of hydrogen-bond donors (Lipinski definition) is 3. The molecule has 0 radical (unpaired) electrons. The lowest BCUT2D eigenvalue weighted by molar-refractivity contribution is -0.137. The molecule has 0 heterocycles. The molecule has 0 saturated heterocycles. The van der Waals surface area contributed by atoms with E-state index in [-0.39, 0.29) is 0 Å². The van der Waals surface area contributed by atoms with Crippen LogP contribution in [0.4, 0.5) is 0 Å². The van der Waals surface area contributed by atoms with Gasteiger partial charge in [-0.3, -0.25) is 4.79 Å². The summed E-state index contributed by atoms with van der Waals surface area (Å²) >= 11 is 0. The highest BCUT2D eigenvalue weighted by atomic mass is 16.4. The van der Waals surface area contributed by atoms with Crippen LogP contribution < -0.4 is 11.5 Å². The van der Waals surface area contributed by atoms with E-state index in [9.17, 15) is 4.79 Å². The summed E-state index contributed by atoms with van der Waals surface area (Å²) in [5.74, 6) is -0.664. The molecule has 282 valence electrons. The van der Waals surface area contributed by atoms with Crippen LogP contribution in [0.15, 0.2) is 24.3 Å². The fourth-order valence-corrected chi connectivity index (χ4v) is 5.49. The Morgan fingerprint density at radius 1 is 0.383 bits per heavy atom. The topological polar surface area (TPSA) is 89.3 Å². The van der Waals surface area contributed by atoms with Crippen molar-refractivity contribution >= 4 is 5.97 Å². The lowest BCUT2D eigenvalue weighted by atomic mass is 10.1. The van der Waals surface area contributed by atoms with Gasteiger partial charge >= 0.3 is 5.97 Å². The van der Waals surface area contributed by atoms with Gasteiger partial charge in [0.05, 0.1) is 0 Å². The van der Waals surface area contributed by atoms with Gasteiger partial charge in [0, 0.05) is 6.42 Å². The summed E-state index contributed by atoms with van der Waals surface area (Å²) in [5.41, 5.74) is 10.8. The van der Waals surface area contributed by atoms with Crippen LogP contribution in [0.2, 0.25) is 0 Å². The maximum atomic E-state index is 10.3. The number of nitrogens with two attached hydrogens (primary N) is 2. The Morgan fingerprint density at radius 3 is 0.872 bits per heavy atom. The highest BCUT2D eigenvalue weighted by Crippen LogP contribution is 2.11. The van der Waals surface area contributed by atoms with E-state index in [2.05, 4.69) is 45.1 Å². The first kappa shape index (κ1) is 50.2. The Balaban J connectivity index is -0.000000660. The molecule has 0 aromatic carbocycles. The summed E-state index contributed by atoms with van der Waals surface area (Å²) in [5, 5.41) is 8.51. The quantitative estimate of drug-likeness (QED) is 0.0464. The third-order valence-corrected chi connectivity index (χ3v) is 8.68. The van der Waals surface area contributed by atoms with Gasteiger partial charge < -0.3 is 16.6 Å². The van der Waals surface area contributed by atoms with Gasteiger partial charge in [0.15, 0.2) is 0 Å². The summed E-state index contributed by atoms with van der Waals surface area (Å²) in [6, 6.07) is 0. The molecule has 47 heavy (non-hydrogen) atoms. The second-order valence-corrected chi connectivity index (χ2v) is 13.7. The molecular formula is C43H88N2O2. The number of carboxylic acid groups (broad SMARTS) is 1. The van der Waals surface area contributed by atoms with Crippen LogP contribution in [0.1, 0.15) is 233 Å². The van der Waals surface area contributed by atoms with Crippen LogP contribution in [-0.4, -0.2) is 24.2 Å². The number of carboxylic acids is 1. The van der Waals surface area contributed by atoms with E-state index < -0.39 is 5.97 Å². The zero-order chi connectivity index (χ0) is 35.2. The van der Waals surface area contributed by atoms with Crippen molar-refractivity contribution in [3.63, 3.8) is 0 Å². The van der Waals surface area contributed by atoms with Crippen LogP contribution in [-0.2, 0) is 4.79 Å². The molecule has 0 rings (SSSR count). The summed E-state index contributed by atoms with van der Waals surface area (Å²) in [7, 11) is 0. The van der Waals surface area contributed by atoms with E-state index in [1.807, 2.05) is 0 Å². The van der Waals surface area contributed by atoms with E-state index in [4.69, 9.17) is 16.6 Å². The molecule has 0 aromatic rings.